The van der Waals surface area contributed by atoms with E-state index in [9.17, 15) is 0 Å². The molecule has 18 heavy (non-hydrogen) atoms. The normalized spacial score (nSPS) is 19.4. The van der Waals surface area contributed by atoms with Crippen LogP contribution in [0.15, 0.2) is 6.07 Å². The first kappa shape index (κ1) is 11.8. The molecule has 2 fully saturated rings. The molecule has 0 amide bonds. The van der Waals surface area contributed by atoms with Crippen molar-refractivity contribution in [3.05, 3.63) is 11.9 Å². The largest absolute Gasteiger partial charge is 0.370 e. The molecule has 0 spiro atoms. The summed E-state index contributed by atoms with van der Waals surface area (Å²) in [5.41, 5.74) is 0. The number of hydrogen-bond donors (Lipinski definition) is 2. The Bertz CT molecular complexity index is 410. The Labute approximate surface area is 109 Å². The van der Waals surface area contributed by atoms with Crippen LogP contribution in [-0.2, 0) is 0 Å². The summed E-state index contributed by atoms with van der Waals surface area (Å²) in [6.07, 6.45) is 6.63. The summed E-state index contributed by atoms with van der Waals surface area (Å²) in [5, 5.41) is 6.77. The molecule has 4 heteroatoms. The van der Waals surface area contributed by atoms with Gasteiger partial charge in [-0.3, -0.25) is 0 Å². The highest BCUT2D eigenvalue weighted by atomic mass is 15.1. The number of nitrogens with one attached hydrogen (secondary N) is 2. The Morgan fingerprint density at radius 3 is 2.39 bits per heavy atom. The maximum absolute atomic E-state index is 4.65. The average Bonchev–Trinajstić information content (AvgIpc) is 3.11. The van der Waals surface area contributed by atoms with Gasteiger partial charge in [-0.1, -0.05) is 6.42 Å². The van der Waals surface area contributed by atoms with Gasteiger partial charge in [0.2, 0.25) is 0 Å². The number of rotatable bonds is 6. The van der Waals surface area contributed by atoms with Gasteiger partial charge >= 0.3 is 0 Å². The maximum Gasteiger partial charge on any atom is 0.136 e. The Morgan fingerprint density at radius 2 is 1.83 bits per heavy atom. The zero-order valence-corrected chi connectivity index (χ0v) is 11.1. The molecule has 0 unspecified atom stereocenters. The zero-order valence-electron chi connectivity index (χ0n) is 11.1. The van der Waals surface area contributed by atoms with Crippen LogP contribution in [-0.4, -0.2) is 23.1 Å². The molecule has 1 heterocycles. The first-order valence-electron chi connectivity index (χ1n) is 7.22. The van der Waals surface area contributed by atoms with Crippen LogP contribution in [0.4, 0.5) is 11.6 Å². The molecule has 4 nitrogen and oxygen atoms in total. The van der Waals surface area contributed by atoms with Crippen LogP contribution in [0.25, 0.3) is 0 Å². The smallest absolute Gasteiger partial charge is 0.136 e. The first-order valence-corrected chi connectivity index (χ1v) is 7.22. The van der Waals surface area contributed by atoms with Crippen molar-refractivity contribution in [1.82, 2.24) is 9.97 Å². The molecule has 0 aromatic carbocycles. The zero-order chi connectivity index (χ0) is 12.4. The molecular formula is C14H22N4. The third kappa shape index (κ3) is 2.74. The van der Waals surface area contributed by atoms with Gasteiger partial charge in [0.05, 0.1) is 0 Å². The summed E-state index contributed by atoms with van der Waals surface area (Å²) < 4.78 is 0. The maximum atomic E-state index is 4.65. The minimum Gasteiger partial charge on any atom is -0.370 e. The summed E-state index contributed by atoms with van der Waals surface area (Å²) in [6, 6.07) is 2.04. The van der Waals surface area contributed by atoms with Crippen LogP contribution in [0.3, 0.4) is 0 Å². The minimum atomic E-state index is 0.604. The van der Waals surface area contributed by atoms with Gasteiger partial charge in [-0.05, 0) is 38.5 Å². The van der Waals surface area contributed by atoms with Crippen LogP contribution in [0, 0.1) is 5.92 Å². The van der Waals surface area contributed by atoms with Gasteiger partial charge in [-0.2, -0.15) is 0 Å². The SMILES string of the molecule is CCNc1cc(NCC2CCC2)nc(C2CC2)n1. The van der Waals surface area contributed by atoms with Crippen molar-refractivity contribution < 1.29 is 0 Å². The summed E-state index contributed by atoms with van der Waals surface area (Å²) >= 11 is 0. The molecule has 0 radical (unpaired) electrons. The van der Waals surface area contributed by atoms with Gasteiger partial charge in [-0.15, -0.1) is 0 Å². The van der Waals surface area contributed by atoms with E-state index < -0.39 is 0 Å². The minimum absolute atomic E-state index is 0.604. The number of hydrogen-bond acceptors (Lipinski definition) is 4. The third-order valence-electron chi connectivity index (χ3n) is 3.84. The van der Waals surface area contributed by atoms with E-state index in [1.54, 1.807) is 0 Å². The third-order valence-corrected chi connectivity index (χ3v) is 3.84. The quantitative estimate of drug-likeness (QED) is 0.810. The topological polar surface area (TPSA) is 49.8 Å². The van der Waals surface area contributed by atoms with Gasteiger partial charge in [-0.25, -0.2) is 9.97 Å². The summed E-state index contributed by atoms with van der Waals surface area (Å²) in [7, 11) is 0. The predicted molar refractivity (Wildman–Crippen MR) is 74.0 cm³/mol. The molecule has 2 N–H and O–H groups in total. The first-order chi connectivity index (χ1) is 8.85. The number of aromatic nitrogens is 2. The molecule has 2 aliphatic rings. The predicted octanol–water partition coefficient (Wildman–Crippen LogP) is 3.00. The van der Waals surface area contributed by atoms with Gasteiger partial charge in [0.15, 0.2) is 0 Å². The molecular weight excluding hydrogens is 224 g/mol. The Hall–Kier alpha value is -1.32. The van der Waals surface area contributed by atoms with Crippen LogP contribution in [0.2, 0.25) is 0 Å². The molecule has 2 saturated carbocycles. The van der Waals surface area contributed by atoms with Crippen molar-refractivity contribution in [1.29, 1.82) is 0 Å². The fourth-order valence-corrected chi connectivity index (χ4v) is 2.30. The van der Waals surface area contributed by atoms with E-state index in [1.807, 2.05) is 6.07 Å². The number of anilines is 2. The molecule has 0 atom stereocenters. The molecule has 1 aromatic heterocycles. The molecule has 0 aliphatic heterocycles. The fourth-order valence-electron chi connectivity index (χ4n) is 2.30. The van der Waals surface area contributed by atoms with Crippen LogP contribution in [0.1, 0.15) is 50.8 Å². The van der Waals surface area contributed by atoms with Crippen molar-refractivity contribution in [2.75, 3.05) is 23.7 Å². The van der Waals surface area contributed by atoms with Crippen LogP contribution >= 0.6 is 0 Å². The lowest BCUT2D eigenvalue weighted by Gasteiger charge is -2.25. The summed E-state index contributed by atoms with van der Waals surface area (Å²) in [6.45, 7) is 4.07. The summed E-state index contributed by atoms with van der Waals surface area (Å²) in [4.78, 5) is 9.23. The van der Waals surface area contributed by atoms with Gasteiger partial charge in [0.25, 0.3) is 0 Å². The molecule has 1 aromatic rings. The second kappa shape index (κ2) is 5.12. The lowest BCUT2D eigenvalue weighted by molar-refractivity contribution is 0.333. The standard InChI is InChI=1S/C14H22N4/c1-2-15-12-8-13(16-9-10-4-3-5-10)18-14(17-12)11-6-7-11/h8,10-11H,2-7,9H2,1H3,(H2,15,16,17,18). The molecule has 3 rings (SSSR count). The monoisotopic (exact) mass is 246 g/mol. The van der Waals surface area contributed by atoms with Crippen molar-refractivity contribution in [2.45, 2.75) is 44.9 Å². The van der Waals surface area contributed by atoms with E-state index in [0.29, 0.717) is 5.92 Å². The second-order valence-corrected chi connectivity index (χ2v) is 5.48. The molecule has 0 saturated heterocycles. The fraction of sp³-hybridized carbons (Fsp3) is 0.714. The van der Waals surface area contributed by atoms with Crippen LogP contribution in [0.5, 0.6) is 0 Å². The van der Waals surface area contributed by atoms with E-state index in [-0.39, 0.29) is 0 Å². The Balaban J connectivity index is 1.69. The van der Waals surface area contributed by atoms with Crippen molar-refractivity contribution >= 4 is 11.6 Å². The van der Waals surface area contributed by atoms with E-state index in [1.165, 1.54) is 32.1 Å². The second-order valence-electron chi connectivity index (χ2n) is 5.48. The lowest BCUT2D eigenvalue weighted by Crippen LogP contribution is -2.21. The van der Waals surface area contributed by atoms with Crippen molar-refractivity contribution in [2.24, 2.45) is 5.92 Å². The Kier molecular flexibility index (Phi) is 3.35. The molecule has 98 valence electrons. The van der Waals surface area contributed by atoms with Crippen molar-refractivity contribution in [3.63, 3.8) is 0 Å². The van der Waals surface area contributed by atoms with Crippen LogP contribution < -0.4 is 10.6 Å². The lowest BCUT2D eigenvalue weighted by atomic mass is 9.85. The molecule has 0 bridgehead atoms. The Morgan fingerprint density at radius 1 is 1.11 bits per heavy atom. The molecule has 2 aliphatic carbocycles. The number of nitrogens with zero attached hydrogens (tertiary/aromatic N) is 2. The van der Waals surface area contributed by atoms with E-state index >= 15 is 0 Å². The van der Waals surface area contributed by atoms with E-state index in [0.717, 1.165) is 36.5 Å². The van der Waals surface area contributed by atoms with E-state index in [2.05, 4.69) is 27.5 Å². The highest BCUT2D eigenvalue weighted by Crippen LogP contribution is 2.39. The van der Waals surface area contributed by atoms with E-state index in [4.69, 9.17) is 0 Å². The highest BCUT2D eigenvalue weighted by molar-refractivity contribution is 5.48. The average molecular weight is 246 g/mol. The summed E-state index contributed by atoms with van der Waals surface area (Å²) in [5.74, 6) is 4.43. The van der Waals surface area contributed by atoms with Gasteiger partial charge in [0, 0.05) is 25.1 Å². The highest BCUT2D eigenvalue weighted by Gasteiger charge is 2.27. The van der Waals surface area contributed by atoms with Gasteiger partial charge in [0.1, 0.15) is 17.5 Å². The van der Waals surface area contributed by atoms with Crippen molar-refractivity contribution in [3.8, 4) is 0 Å². The van der Waals surface area contributed by atoms with Gasteiger partial charge < -0.3 is 10.6 Å².